The molecule has 0 saturated carbocycles. The maximum absolute atomic E-state index is 13.7. The van der Waals surface area contributed by atoms with Crippen molar-refractivity contribution in [2.45, 2.75) is 137 Å². The number of fused-ring (bicyclic) bond motifs is 8. The standard InChI is InChI=1S/C59H72N2O11/c1-56(2,3)43-23-35-19-37-25-44(57(4,5)6)27-39(53(37)70-32-49(63)64)21-41-29-46(59(10,11)12)30-42(55(41)72-34-51(67)68)22-40-28-45(58(7,8)9)26-38(54(40)71-33-50(65)66)20-36(24-43)52(35)69-31-48(62)61-18-16-47-15-13-14-17-60-47/h13-15,17,23-30H,16,18-22,31-34H2,1-12H3,(H,61,62)(H,63,64)(H,65,66)(H,67,68). The van der Waals surface area contributed by atoms with Crippen molar-refractivity contribution in [2.24, 2.45) is 0 Å². The maximum Gasteiger partial charge on any atom is 0.341 e. The summed E-state index contributed by atoms with van der Waals surface area (Å²) in [5, 5.41) is 33.3. The Balaban J connectivity index is 1.73. The van der Waals surface area contributed by atoms with Crippen LogP contribution in [-0.2, 0) is 72.9 Å². The summed E-state index contributed by atoms with van der Waals surface area (Å²) in [6.07, 6.45) is 2.91. The Morgan fingerprint density at radius 2 is 0.736 bits per heavy atom. The number of rotatable bonds is 15. The summed E-state index contributed by atoms with van der Waals surface area (Å²) in [6, 6.07) is 21.9. The monoisotopic (exact) mass is 985 g/mol. The molecular formula is C59H72N2O11. The Labute approximate surface area is 424 Å². The van der Waals surface area contributed by atoms with E-state index in [9.17, 15) is 34.5 Å². The lowest BCUT2D eigenvalue weighted by atomic mass is 9.79. The molecule has 1 aliphatic rings. The minimum Gasteiger partial charge on any atom is -0.483 e. The number of benzene rings is 4. The van der Waals surface area contributed by atoms with Gasteiger partial charge in [0.1, 0.15) is 23.0 Å². The van der Waals surface area contributed by atoms with Crippen LogP contribution in [0.15, 0.2) is 72.9 Å². The van der Waals surface area contributed by atoms with Crippen LogP contribution < -0.4 is 24.3 Å². The average molecular weight is 985 g/mol. The molecule has 4 N–H and O–H groups in total. The number of aromatic nitrogens is 1. The number of pyridine rings is 1. The lowest BCUT2D eigenvalue weighted by Gasteiger charge is -2.29. The van der Waals surface area contributed by atoms with Crippen molar-refractivity contribution < 1.29 is 53.4 Å². The molecule has 1 aromatic heterocycles. The van der Waals surface area contributed by atoms with Gasteiger partial charge in [-0.05, 0) is 101 Å². The number of aliphatic carboxylic acids is 3. The number of carbonyl (C=O) groups excluding carboxylic acids is 1. The molecule has 8 bridgehead atoms. The fourth-order valence-electron chi connectivity index (χ4n) is 8.83. The number of hydrogen-bond donors (Lipinski definition) is 4. The molecule has 384 valence electrons. The van der Waals surface area contributed by atoms with Crippen molar-refractivity contribution in [2.75, 3.05) is 33.0 Å². The molecule has 0 aliphatic heterocycles. The quantitative estimate of drug-likeness (QED) is 0.0763. The molecular weight excluding hydrogens is 913 g/mol. The van der Waals surface area contributed by atoms with Gasteiger partial charge in [0.25, 0.3) is 5.91 Å². The SMILES string of the molecule is CC(C)(C)c1cc2c(OCC(=O)O)c(c1)Cc1cc(C(C)(C)C)cc(c1OCC(=O)O)Cc1cc(C(C)(C)C)cc(c1OCC(=O)NCCc1ccccn1)Cc1cc(C(C)(C)C)cc(c1OCC(=O)O)C2. The molecule has 6 rings (SSSR count). The number of nitrogens with one attached hydrogen (secondary N) is 1. The molecule has 0 unspecified atom stereocenters. The molecule has 0 atom stereocenters. The summed E-state index contributed by atoms with van der Waals surface area (Å²) in [5.74, 6) is -2.35. The summed E-state index contributed by atoms with van der Waals surface area (Å²) in [6.45, 7) is 23.3. The molecule has 0 saturated heterocycles. The molecule has 0 radical (unpaired) electrons. The van der Waals surface area contributed by atoms with Gasteiger partial charge >= 0.3 is 17.9 Å². The van der Waals surface area contributed by atoms with Crippen LogP contribution in [-0.4, -0.2) is 77.1 Å². The molecule has 0 spiro atoms. The first-order valence-electron chi connectivity index (χ1n) is 24.5. The fourth-order valence-corrected chi connectivity index (χ4v) is 8.83. The highest BCUT2D eigenvalue weighted by molar-refractivity contribution is 5.77. The van der Waals surface area contributed by atoms with Gasteiger partial charge in [0.15, 0.2) is 26.4 Å². The number of hydrogen-bond acceptors (Lipinski definition) is 9. The van der Waals surface area contributed by atoms with E-state index in [4.69, 9.17) is 18.9 Å². The van der Waals surface area contributed by atoms with Gasteiger partial charge in [-0.1, -0.05) is 138 Å². The Hall–Kier alpha value is -6.89. The summed E-state index contributed by atoms with van der Waals surface area (Å²) in [7, 11) is 0. The van der Waals surface area contributed by atoms with Gasteiger partial charge in [0.05, 0.1) is 0 Å². The van der Waals surface area contributed by atoms with E-state index >= 15 is 0 Å². The van der Waals surface area contributed by atoms with E-state index in [0.717, 1.165) is 27.9 Å². The molecule has 0 fully saturated rings. The number of ether oxygens (including phenoxy) is 4. The molecule has 72 heavy (non-hydrogen) atoms. The highest BCUT2D eigenvalue weighted by atomic mass is 16.5. The van der Waals surface area contributed by atoms with Gasteiger partial charge < -0.3 is 39.6 Å². The maximum atomic E-state index is 13.7. The van der Waals surface area contributed by atoms with E-state index in [1.54, 1.807) is 6.20 Å². The van der Waals surface area contributed by atoms with Gasteiger partial charge in [-0.2, -0.15) is 0 Å². The summed E-state index contributed by atoms with van der Waals surface area (Å²) < 4.78 is 25.8. The van der Waals surface area contributed by atoms with E-state index in [2.05, 4.69) is 106 Å². The van der Waals surface area contributed by atoms with Crippen molar-refractivity contribution in [3.8, 4) is 23.0 Å². The summed E-state index contributed by atoms with van der Waals surface area (Å²) in [4.78, 5) is 55.2. The van der Waals surface area contributed by atoms with Crippen LogP contribution in [0.1, 0.15) is 156 Å². The number of carbonyl (C=O) groups is 4. The van der Waals surface area contributed by atoms with Crippen molar-refractivity contribution >= 4 is 23.8 Å². The molecule has 4 aromatic carbocycles. The first-order chi connectivity index (χ1) is 33.6. The van der Waals surface area contributed by atoms with Crippen LogP contribution >= 0.6 is 0 Å². The normalized spacial score (nSPS) is 12.9. The van der Waals surface area contributed by atoms with Crippen LogP contribution in [0, 0.1) is 0 Å². The zero-order valence-corrected chi connectivity index (χ0v) is 44.1. The minimum absolute atomic E-state index is 0.155. The number of nitrogens with zero attached hydrogens (tertiary/aromatic N) is 1. The fraction of sp³-hybridized carbons (Fsp3) is 0.441. The first kappa shape index (κ1) is 54.4. The molecule has 1 amide bonds. The highest BCUT2D eigenvalue weighted by Crippen LogP contribution is 2.44. The zero-order chi connectivity index (χ0) is 52.9. The second-order valence-electron chi connectivity index (χ2n) is 23.0. The van der Waals surface area contributed by atoms with E-state index in [1.165, 1.54) is 0 Å². The smallest absolute Gasteiger partial charge is 0.341 e. The van der Waals surface area contributed by atoms with Crippen LogP contribution in [0.5, 0.6) is 23.0 Å². The van der Waals surface area contributed by atoms with Crippen molar-refractivity contribution in [3.63, 3.8) is 0 Å². The lowest BCUT2D eigenvalue weighted by molar-refractivity contribution is -0.140. The Bertz CT molecular complexity index is 2690. The Kier molecular flexibility index (Phi) is 16.5. The van der Waals surface area contributed by atoms with Gasteiger partial charge in [0.2, 0.25) is 0 Å². The van der Waals surface area contributed by atoms with Crippen LogP contribution in [0.2, 0.25) is 0 Å². The third-order valence-electron chi connectivity index (χ3n) is 12.8. The summed E-state index contributed by atoms with van der Waals surface area (Å²) >= 11 is 0. The van der Waals surface area contributed by atoms with Crippen LogP contribution in [0.3, 0.4) is 0 Å². The van der Waals surface area contributed by atoms with Gasteiger partial charge in [-0.3, -0.25) is 9.78 Å². The van der Waals surface area contributed by atoms with E-state index < -0.39 is 59.4 Å². The lowest BCUT2D eigenvalue weighted by Crippen LogP contribution is -2.31. The topological polar surface area (TPSA) is 191 Å². The number of carboxylic acid groups (broad SMARTS) is 3. The van der Waals surface area contributed by atoms with Gasteiger partial charge in [0, 0.05) is 50.5 Å². The van der Waals surface area contributed by atoms with Crippen LogP contribution in [0.4, 0.5) is 0 Å². The molecule has 5 aromatic rings. The number of carboxylic acids is 3. The van der Waals surface area contributed by atoms with Gasteiger partial charge in [-0.25, -0.2) is 14.4 Å². The van der Waals surface area contributed by atoms with Crippen molar-refractivity contribution in [1.82, 2.24) is 10.3 Å². The Morgan fingerprint density at radius 3 is 0.972 bits per heavy atom. The third-order valence-corrected chi connectivity index (χ3v) is 12.8. The largest absolute Gasteiger partial charge is 0.483 e. The summed E-state index contributed by atoms with van der Waals surface area (Å²) in [5.41, 5.74) is 8.43. The van der Waals surface area contributed by atoms with E-state index in [1.807, 2.05) is 54.6 Å². The van der Waals surface area contributed by atoms with E-state index in [0.29, 0.717) is 80.5 Å². The Morgan fingerprint density at radius 1 is 0.458 bits per heavy atom. The van der Waals surface area contributed by atoms with Gasteiger partial charge in [-0.15, -0.1) is 0 Å². The van der Waals surface area contributed by atoms with Crippen LogP contribution in [0.25, 0.3) is 0 Å². The third kappa shape index (κ3) is 14.2. The number of amides is 1. The second kappa shape index (κ2) is 21.8. The predicted molar refractivity (Wildman–Crippen MR) is 278 cm³/mol. The average Bonchev–Trinajstić information content (AvgIpc) is 3.26. The highest BCUT2D eigenvalue weighted by Gasteiger charge is 2.30. The molecule has 13 heteroatoms. The predicted octanol–water partition coefficient (Wildman–Crippen LogP) is 10.1. The molecule has 13 nitrogen and oxygen atoms in total. The zero-order valence-electron chi connectivity index (χ0n) is 44.1. The van der Waals surface area contributed by atoms with E-state index in [-0.39, 0.29) is 38.2 Å². The molecule has 1 heterocycles. The molecule has 1 aliphatic carbocycles. The second-order valence-corrected chi connectivity index (χ2v) is 23.0. The van der Waals surface area contributed by atoms with Crippen molar-refractivity contribution in [1.29, 1.82) is 0 Å². The first-order valence-corrected chi connectivity index (χ1v) is 24.5. The minimum atomic E-state index is -1.17. The van der Waals surface area contributed by atoms with Crippen molar-refractivity contribution in [3.05, 3.63) is 145 Å².